The number of nitrogens with one attached hydrogen (secondary N) is 1. The first-order chi connectivity index (χ1) is 14.0. The number of benzene rings is 2. The van der Waals surface area contributed by atoms with Crippen molar-refractivity contribution in [2.24, 2.45) is 0 Å². The van der Waals surface area contributed by atoms with Gasteiger partial charge in [-0.2, -0.15) is 0 Å². The molecule has 0 radical (unpaired) electrons. The molecular formula is C22H26N2O5S. The lowest BCUT2D eigenvalue weighted by Gasteiger charge is -2.24. The lowest BCUT2D eigenvalue weighted by atomic mass is 10.1. The van der Waals surface area contributed by atoms with Gasteiger partial charge in [0, 0.05) is 11.6 Å². The number of carbonyl (C=O) groups excluding carboxylic acids is 2. The maximum atomic E-state index is 13.3. The molecule has 0 spiro atoms. The molecule has 160 valence electrons. The second-order valence-corrected chi connectivity index (χ2v) is 10.2. The van der Waals surface area contributed by atoms with Gasteiger partial charge in [-0.05, 0) is 63.9 Å². The average molecular weight is 431 g/mol. The van der Waals surface area contributed by atoms with Crippen LogP contribution in [-0.2, 0) is 26.0 Å². The fraction of sp³-hybridized carbons (Fsp3) is 0.364. The van der Waals surface area contributed by atoms with Crippen LogP contribution in [0.1, 0.15) is 43.6 Å². The van der Waals surface area contributed by atoms with E-state index in [4.69, 9.17) is 4.74 Å². The van der Waals surface area contributed by atoms with Crippen LogP contribution in [0.3, 0.4) is 0 Å². The van der Waals surface area contributed by atoms with Gasteiger partial charge in [0.15, 0.2) is 6.61 Å². The molecule has 30 heavy (non-hydrogen) atoms. The Morgan fingerprint density at radius 1 is 1.13 bits per heavy atom. The molecule has 0 aliphatic carbocycles. The van der Waals surface area contributed by atoms with Crippen LogP contribution in [0.15, 0.2) is 53.4 Å². The van der Waals surface area contributed by atoms with Crippen molar-refractivity contribution in [1.29, 1.82) is 0 Å². The summed E-state index contributed by atoms with van der Waals surface area (Å²) in [6.45, 7) is 6.86. The molecule has 0 fully saturated rings. The van der Waals surface area contributed by atoms with Crippen LogP contribution in [0.5, 0.6) is 0 Å². The molecule has 0 unspecified atom stereocenters. The predicted molar refractivity (Wildman–Crippen MR) is 114 cm³/mol. The first-order valence-corrected chi connectivity index (χ1v) is 11.1. The highest BCUT2D eigenvalue weighted by Crippen LogP contribution is 2.36. The van der Waals surface area contributed by atoms with Crippen LogP contribution in [-0.4, -0.2) is 38.5 Å². The average Bonchev–Trinajstić information content (AvgIpc) is 3.01. The summed E-state index contributed by atoms with van der Waals surface area (Å²) in [6.07, 6.45) is 0.625. The van der Waals surface area contributed by atoms with Gasteiger partial charge in [0.1, 0.15) is 0 Å². The number of sulfonamides is 1. The molecule has 1 heterocycles. The Hall–Kier alpha value is -2.87. The zero-order valence-corrected chi connectivity index (χ0v) is 18.3. The second-order valence-electron chi connectivity index (χ2n) is 8.38. The fourth-order valence-corrected chi connectivity index (χ4v) is 5.21. The molecule has 3 rings (SSSR count). The van der Waals surface area contributed by atoms with E-state index < -0.39 is 34.0 Å². The summed E-state index contributed by atoms with van der Waals surface area (Å²) in [5, 5.41) is 2.69. The van der Waals surface area contributed by atoms with Gasteiger partial charge in [-0.1, -0.05) is 24.3 Å². The first-order valence-electron chi connectivity index (χ1n) is 9.69. The van der Waals surface area contributed by atoms with Gasteiger partial charge in [0.05, 0.1) is 16.1 Å². The number of carbonyl (C=O) groups is 2. The Morgan fingerprint density at radius 3 is 2.53 bits per heavy atom. The Balaban J connectivity index is 1.80. The molecular weight excluding hydrogens is 404 g/mol. The summed E-state index contributed by atoms with van der Waals surface area (Å²) in [5.74, 6) is -1.19. The normalized spacial score (nSPS) is 16.1. The molecule has 1 aliphatic heterocycles. The minimum Gasteiger partial charge on any atom is -0.452 e. The number of hydrogen-bond acceptors (Lipinski definition) is 5. The summed E-state index contributed by atoms with van der Waals surface area (Å²) < 4.78 is 33.1. The molecule has 1 amide bonds. The number of rotatable bonds is 5. The summed E-state index contributed by atoms with van der Waals surface area (Å²) in [6, 6.07) is 12.8. The molecule has 1 aliphatic rings. The van der Waals surface area contributed by atoms with Crippen molar-refractivity contribution in [2.45, 2.75) is 50.6 Å². The zero-order chi connectivity index (χ0) is 22.1. The van der Waals surface area contributed by atoms with E-state index in [1.54, 1.807) is 12.1 Å². The van der Waals surface area contributed by atoms with Gasteiger partial charge in [0.2, 0.25) is 0 Å². The van der Waals surface area contributed by atoms with Crippen molar-refractivity contribution in [2.75, 3.05) is 10.9 Å². The van der Waals surface area contributed by atoms with E-state index in [0.717, 1.165) is 5.56 Å². The minimum atomic E-state index is -3.87. The lowest BCUT2D eigenvalue weighted by Crippen LogP contribution is -2.42. The van der Waals surface area contributed by atoms with Crippen LogP contribution in [0.25, 0.3) is 0 Å². The Kier molecular flexibility index (Phi) is 5.90. The van der Waals surface area contributed by atoms with E-state index in [9.17, 15) is 18.0 Å². The van der Waals surface area contributed by atoms with Gasteiger partial charge < -0.3 is 10.1 Å². The third-order valence-corrected chi connectivity index (χ3v) is 6.54. The highest BCUT2D eigenvalue weighted by molar-refractivity contribution is 7.92. The van der Waals surface area contributed by atoms with Crippen LogP contribution in [0.4, 0.5) is 5.69 Å². The SMILES string of the molecule is C[C@@H]1Cc2ccccc2N1S(=O)(=O)c1cccc(C(=O)OCC(=O)NC(C)(C)C)c1. The summed E-state index contributed by atoms with van der Waals surface area (Å²) in [7, 11) is -3.87. The number of amides is 1. The van der Waals surface area contributed by atoms with Crippen molar-refractivity contribution >= 4 is 27.6 Å². The maximum absolute atomic E-state index is 13.3. The van der Waals surface area contributed by atoms with Crippen molar-refractivity contribution in [3.63, 3.8) is 0 Å². The van der Waals surface area contributed by atoms with Gasteiger partial charge in [0.25, 0.3) is 15.9 Å². The van der Waals surface area contributed by atoms with Crippen LogP contribution in [0, 0.1) is 0 Å². The molecule has 2 aromatic carbocycles. The van der Waals surface area contributed by atoms with Crippen molar-refractivity contribution in [3.05, 3.63) is 59.7 Å². The molecule has 0 saturated heterocycles. The number of esters is 1. The fourth-order valence-electron chi connectivity index (χ4n) is 3.47. The summed E-state index contributed by atoms with van der Waals surface area (Å²) >= 11 is 0. The number of anilines is 1. The highest BCUT2D eigenvalue weighted by Gasteiger charge is 2.36. The van der Waals surface area contributed by atoms with E-state index in [-0.39, 0.29) is 16.5 Å². The van der Waals surface area contributed by atoms with Crippen LogP contribution >= 0.6 is 0 Å². The molecule has 8 heteroatoms. The minimum absolute atomic E-state index is 0.000328. The lowest BCUT2D eigenvalue weighted by molar-refractivity contribution is -0.125. The molecule has 2 aromatic rings. The monoisotopic (exact) mass is 430 g/mol. The van der Waals surface area contributed by atoms with Crippen molar-refractivity contribution < 1.29 is 22.7 Å². The van der Waals surface area contributed by atoms with Crippen LogP contribution in [0.2, 0.25) is 0 Å². The third-order valence-electron chi connectivity index (χ3n) is 4.62. The number of ether oxygens (including phenoxy) is 1. The van der Waals surface area contributed by atoms with E-state index in [1.807, 2.05) is 39.8 Å². The van der Waals surface area contributed by atoms with Gasteiger partial charge in [-0.25, -0.2) is 13.2 Å². The summed E-state index contributed by atoms with van der Waals surface area (Å²) in [4.78, 5) is 24.2. The predicted octanol–water partition coefficient (Wildman–Crippen LogP) is 2.90. The standard InChI is InChI=1S/C22H26N2O5S/c1-15-12-16-8-5-6-11-19(16)24(15)30(27,28)18-10-7-9-17(13-18)21(26)29-14-20(25)23-22(2,3)4/h5-11,13,15H,12,14H2,1-4H3,(H,23,25)/t15-/m1/s1. The topological polar surface area (TPSA) is 92.8 Å². The molecule has 0 saturated carbocycles. The Bertz CT molecular complexity index is 1070. The van der Waals surface area contributed by atoms with Gasteiger partial charge >= 0.3 is 5.97 Å². The Labute approximate surface area is 177 Å². The van der Waals surface area contributed by atoms with Crippen LogP contribution < -0.4 is 9.62 Å². The number of para-hydroxylation sites is 1. The van der Waals surface area contributed by atoms with Crippen molar-refractivity contribution in [1.82, 2.24) is 5.32 Å². The van der Waals surface area contributed by atoms with Crippen molar-refractivity contribution in [3.8, 4) is 0 Å². The molecule has 0 bridgehead atoms. The smallest absolute Gasteiger partial charge is 0.338 e. The molecule has 1 atom stereocenters. The number of fused-ring (bicyclic) bond motifs is 1. The number of hydrogen-bond donors (Lipinski definition) is 1. The van der Waals surface area contributed by atoms with Gasteiger partial charge in [-0.3, -0.25) is 9.10 Å². The van der Waals surface area contributed by atoms with E-state index >= 15 is 0 Å². The molecule has 0 aromatic heterocycles. The molecule has 1 N–H and O–H groups in total. The number of nitrogens with zero attached hydrogens (tertiary/aromatic N) is 1. The first kappa shape index (κ1) is 21.8. The molecule has 7 nitrogen and oxygen atoms in total. The van der Waals surface area contributed by atoms with Gasteiger partial charge in [-0.15, -0.1) is 0 Å². The maximum Gasteiger partial charge on any atom is 0.338 e. The van der Waals surface area contributed by atoms with E-state index in [0.29, 0.717) is 12.1 Å². The zero-order valence-electron chi connectivity index (χ0n) is 17.5. The summed E-state index contributed by atoms with van der Waals surface area (Å²) in [5.41, 5.74) is 1.24. The largest absolute Gasteiger partial charge is 0.452 e. The quantitative estimate of drug-likeness (QED) is 0.737. The van der Waals surface area contributed by atoms with E-state index in [1.165, 1.54) is 28.6 Å². The second kappa shape index (κ2) is 8.10. The Morgan fingerprint density at radius 2 is 1.83 bits per heavy atom. The van der Waals surface area contributed by atoms with E-state index in [2.05, 4.69) is 5.32 Å². The third kappa shape index (κ3) is 4.64. The highest BCUT2D eigenvalue weighted by atomic mass is 32.2.